The van der Waals surface area contributed by atoms with Crippen LogP contribution in [0.15, 0.2) is 77.8 Å². The molecule has 2 heterocycles. The van der Waals surface area contributed by atoms with E-state index in [9.17, 15) is 0 Å². The van der Waals surface area contributed by atoms with Crippen molar-refractivity contribution in [3.63, 3.8) is 0 Å². The molecule has 0 amide bonds. The molecule has 1 saturated carbocycles. The Balaban J connectivity index is 1.29. The highest BCUT2D eigenvalue weighted by Gasteiger charge is 2.43. The third-order valence-corrected chi connectivity index (χ3v) is 7.55. The molecule has 4 aromatic rings. The Bertz CT molecular complexity index is 1180. The molecule has 2 unspecified atom stereocenters. The molecular weight excluding hydrogens is 420 g/mol. The summed E-state index contributed by atoms with van der Waals surface area (Å²) < 4.78 is 2.22. The van der Waals surface area contributed by atoms with Gasteiger partial charge >= 0.3 is 0 Å². The fourth-order valence-corrected chi connectivity index (χ4v) is 5.65. The maximum atomic E-state index is 4.83. The highest BCUT2D eigenvalue weighted by atomic mass is 32.2. The molecule has 6 heteroatoms. The normalized spacial score (nSPS) is 17.6. The summed E-state index contributed by atoms with van der Waals surface area (Å²) in [6, 6.07) is 19.2. The molecule has 156 valence electrons. The molecule has 1 aliphatic rings. The van der Waals surface area contributed by atoms with Crippen molar-refractivity contribution in [3.05, 3.63) is 95.3 Å². The van der Waals surface area contributed by atoms with Gasteiger partial charge in [0.2, 0.25) is 0 Å². The predicted octanol–water partition coefficient (Wildman–Crippen LogP) is 6.46. The van der Waals surface area contributed by atoms with Crippen molar-refractivity contribution in [2.75, 3.05) is 0 Å². The topological polar surface area (TPSA) is 43.6 Å². The summed E-state index contributed by atoms with van der Waals surface area (Å²) in [5.41, 5.74) is 4.90. The first-order chi connectivity index (χ1) is 15.2. The molecule has 0 saturated heterocycles. The molecule has 31 heavy (non-hydrogen) atoms. The highest BCUT2D eigenvalue weighted by molar-refractivity contribution is 7.98. The Morgan fingerprint density at radius 3 is 2.68 bits per heavy atom. The summed E-state index contributed by atoms with van der Waals surface area (Å²) in [6.07, 6.45) is 3.06. The number of thiazole rings is 1. The first kappa shape index (κ1) is 20.2. The Morgan fingerprint density at radius 2 is 1.90 bits per heavy atom. The fourth-order valence-electron chi connectivity index (χ4n) is 3.87. The first-order valence-corrected chi connectivity index (χ1v) is 12.3. The first-order valence-electron chi connectivity index (χ1n) is 10.5. The van der Waals surface area contributed by atoms with Crippen molar-refractivity contribution >= 4 is 23.1 Å². The molecule has 4 nitrogen and oxygen atoms in total. The standard InChI is InChI=1S/C25H24N4S2/c1-3-13-29-23(22-14-21(22)18-7-5-4-6-8-18)27-28-25(29)31-16-20-15-30-24(26-20)19-11-9-17(2)10-12-19/h3-12,15,21-22H,1,13-14,16H2,2H3. The van der Waals surface area contributed by atoms with Gasteiger partial charge in [0.05, 0.1) is 5.69 Å². The Hall–Kier alpha value is -2.70. The van der Waals surface area contributed by atoms with E-state index in [1.165, 1.54) is 16.7 Å². The van der Waals surface area contributed by atoms with E-state index >= 15 is 0 Å². The van der Waals surface area contributed by atoms with E-state index in [-0.39, 0.29) is 0 Å². The number of aromatic nitrogens is 4. The predicted molar refractivity (Wildman–Crippen MR) is 129 cm³/mol. The van der Waals surface area contributed by atoms with E-state index in [4.69, 9.17) is 4.98 Å². The maximum Gasteiger partial charge on any atom is 0.191 e. The van der Waals surface area contributed by atoms with Gasteiger partial charge in [0.25, 0.3) is 0 Å². The molecule has 0 N–H and O–H groups in total. The van der Waals surface area contributed by atoms with E-state index in [0.29, 0.717) is 11.8 Å². The van der Waals surface area contributed by atoms with Gasteiger partial charge in [-0.2, -0.15) is 0 Å². The number of nitrogens with zero attached hydrogens (tertiary/aromatic N) is 4. The van der Waals surface area contributed by atoms with Gasteiger partial charge in [0.1, 0.15) is 10.8 Å². The van der Waals surface area contributed by atoms with Crippen LogP contribution in [-0.2, 0) is 12.3 Å². The zero-order valence-corrected chi connectivity index (χ0v) is 19.1. The van der Waals surface area contributed by atoms with Gasteiger partial charge < -0.3 is 4.57 Å². The number of hydrogen-bond donors (Lipinski definition) is 0. The molecule has 0 aliphatic heterocycles. The number of thioether (sulfide) groups is 1. The zero-order valence-electron chi connectivity index (χ0n) is 17.4. The molecule has 0 radical (unpaired) electrons. The molecule has 5 rings (SSSR count). The van der Waals surface area contributed by atoms with Crippen molar-refractivity contribution in [3.8, 4) is 10.6 Å². The minimum Gasteiger partial charge on any atom is -0.302 e. The average Bonchev–Trinajstić information content (AvgIpc) is 3.27. The van der Waals surface area contributed by atoms with Crippen LogP contribution in [0, 0.1) is 6.92 Å². The SMILES string of the molecule is C=CCn1c(SCc2csc(-c3ccc(C)cc3)n2)nnc1C1CC1c1ccccc1. The number of aryl methyl sites for hydroxylation is 1. The molecule has 2 aromatic carbocycles. The van der Waals surface area contributed by atoms with E-state index in [0.717, 1.165) is 40.4 Å². The van der Waals surface area contributed by atoms with E-state index in [2.05, 4.69) is 88.2 Å². The van der Waals surface area contributed by atoms with Crippen LogP contribution in [0.3, 0.4) is 0 Å². The van der Waals surface area contributed by atoms with Crippen molar-refractivity contribution in [2.24, 2.45) is 0 Å². The van der Waals surface area contributed by atoms with Crippen LogP contribution >= 0.6 is 23.1 Å². The summed E-state index contributed by atoms with van der Waals surface area (Å²) in [6.45, 7) is 6.77. The van der Waals surface area contributed by atoms with Crippen LogP contribution in [0.4, 0.5) is 0 Å². The van der Waals surface area contributed by atoms with Crippen LogP contribution in [0.5, 0.6) is 0 Å². The van der Waals surface area contributed by atoms with Gasteiger partial charge in [-0.3, -0.25) is 0 Å². The molecule has 1 aliphatic carbocycles. The second-order valence-electron chi connectivity index (χ2n) is 7.90. The van der Waals surface area contributed by atoms with Crippen LogP contribution in [0.1, 0.15) is 40.9 Å². The Morgan fingerprint density at radius 1 is 1.10 bits per heavy atom. The van der Waals surface area contributed by atoms with Crippen LogP contribution in [0.25, 0.3) is 10.6 Å². The lowest BCUT2D eigenvalue weighted by Crippen LogP contribution is -2.03. The molecule has 0 bridgehead atoms. The van der Waals surface area contributed by atoms with Gasteiger partial charge in [-0.25, -0.2) is 4.98 Å². The summed E-state index contributed by atoms with van der Waals surface area (Å²) in [5.74, 6) is 2.85. The van der Waals surface area contributed by atoms with Crippen molar-refractivity contribution in [1.29, 1.82) is 0 Å². The summed E-state index contributed by atoms with van der Waals surface area (Å²) in [7, 11) is 0. The van der Waals surface area contributed by atoms with Crippen molar-refractivity contribution in [2.45, 2.75) is 42.6 Å². The third kappa shape index (κ3) is 4.36. The number of rotatable bonds is 8. The Labute approximate surface area is 191 Å². The Kier molecular flexibility index (Phi) is 5.74. The van der Waals surface area contributed by atoms with Crippen molar-refractivity contribution in [1.82, 2.24) is 19.7 Å². The van der Waals surface area contributed by atoms with Crippen molar-refractivity contribution < 1.29 is 0 Å². The van der Waals surface area contributed by atoms with Gasteiger partial charge in [-0.05, 0) is 24.8 Å². The van der Waals surface area contributed by atoms with Gasteiger partial charge in [0.15, 0.2) is 5.16 Å². The lowest BCUT2D eigenvalue weighted by atomic mass is 10.1. The minimum atomic E-state index is 0.441. The quantitative estimate of drug-likeness (QED) is 0.231. The third-order valence-electron chi connectivity index (χ3n) is 5.61. The summed E-state index contributed by atoms with van der Waals surface area (Å²) in [5, 5.41) is 13.2. The molecule has 1 fully saturated rings. The van der Waals surface area contributed by atoms with Gasteiger partial charge in [-0.15, -0.1) is 28.1 Å². The second-order valence-corrected chi connectivity index (χ2v) is 9.70. The van der Waals surface area contributed by atoms with Crippen LogP contribution in [0.2, 0.25) is 0 Å². The summed E-state index contributed by atoms with van der Waals surface area (Å²) in [4.78, 5) is 4.83. The van der Waals surface area contributed by atoms with E-state index in [1.54, 1.807) is 23.1 Å². The van der Waals surface area contributed by atoms with E-state index in [1.807, 2.05) is 6.08 Å². The molecular formula is C25H24N4S2. The number of allylic oxidation sites excluding steroid dienone is 1. The minimum absolute atomic E-state index is 0.441. The molecule has 2 atom stereocenters. The van der Waals surface area contributed by atoms with Crippen LogP contribution in [-0.4, -0.2) is 19.7 Å². The average molecular weight is 445 g/mol. The number of hydrogen-bond acceptors (Lipinski definition) is 5. The lowest BCUT2D eigenvalue weighted by molar-refractivity contribution is 0.677. The molecule has 2 aromatic heterocycles. The largest absolute Gasteiger partial charge is 0.302 e. The van der Waals surface area contributed by atoms with E-state index < -0.39 is 0 Å². The second kappa shape index (κ2) is 8.81. The van der Waals surface area contributed by atoms with Gasteiger partial charge in [0, 0.05) is 29.2 Å². The lowest BCUT2D eigenvalue weighted by Gasteiger charge is -2.07. The summed E-state index contributed by atoms with van der Waals surface area (Å²) >= 11 is 3.39. The maximum absolute atomic E-state index is 4.83. The fraction of sp³-hybridized carbons (Fsp3) is 0.240. The highest BCUT2D eigenvalue weighted by Crippen LogP contribution is 2.54. The number of benzene rings is 2. The zero-order chi connectivity index (χ0) is 21.2. The smallest absolute Gasteiger partial charge is 0.191 e. The van der Waals surface area contributed by atoms with Crippen LogP contribution < -0.4 is 0 Å². The monoisotopic (exact) mass is 444 g/mol. The van der Waals surface area contributed by atoms with Gasteiger partial charge in [-0.1, -0.05) is 78.0 Å². The molecule has 0 spiro atoms.